The summed E-state index contributed by atoms with van der Waals surface area (Å²) in [6.45, 7) is 5.91. The molecule has 0 unspecified atom stereocenters. The molecule has 0 radical (unpaired) electrons. The average molecular weight is 316 g/mol. The largest absolute Gasteiger partial charge is 0.489 e. The zero-order valence-electron chi connectivity index (χ0n) is 13.9. The second-order valence-electron chi connectivity index (χ2n) is 5.69. The minimum Gasteiger partial charge on any atom is -0.489 e. The first kappa shape index (κ1) is 17.0. The van der Waals surface area contributed by atoms with Crippen LogP contribution in [0.3, 0.4) is 0 Å². The van der Waals surface area contributed by atoms with E-state index < -0.39 is 0 Å². The number of nitrogens with zero attached hydrogens (tertiary/aromatic N) is 2. The quantitative estimate of drug-likeness (QED) is 0.730. The van der Waals surface area contributed by atoms with Gasteiger partial charge in [-0.3, -0.25) is 4.79 Å². The molecule has 0 spiro atoms. The van der Waals surface area contributed by atoms with Gasteiger partial charge in [-0.25, -0.2) is 4.68 Å². The number of nitrogens with one attached hydrogen (secondary N) is 2. The third-order valence-electron chi connectivity index (χ3n) is 3.15. The van der Waals surface area contributed by atoms with E-state index in [9.17, 15) is 4.79 Å². The lowest BCUT2D eigenvalue weighted by molar-refractivity contribution is 0.0944. The topological polar surface area (TPSA) is 68.2 Å². The van der Waals surface area contributed by atoms with Gasteiger partial charge in [0.1, 0.15) is 0 Å². The molecule has 6 heteroatoms. The predicted molar refractivity (Wildman–Crippen MR) is 90.2 cm³/mol. The molecule has 2 aromatic rings. The molecule has 23 heavy (non-hydrogen) atoms. The molecule has 2 N–H and O–H groups in total. The van der Waals surface area contributed by atoms with E-state index in [4.69, 9.17) is 4.74 Å². The molecule has 1 aromatic heterocycles. The number of benzene rings is 1. The van der Waals surface area contributed by atoms with E-state index in [1.54, 1.807) is 10.9 Å². The first-order valence-electron chi connectivity index (χ1n) is 7.82. The van der Waals surface area contributed by atoms with Crippen LogP contribution in [0.4, 0.5) is 0 Å². The fourth-order valence-corrected chi connectivity index (χ4v) is 1.98. The van der Waals surface area contributed by atoms with Crippen molar-refractivity contribution in [3.05, 3.63) is 42.2 Å². The molecule has 0 aliphatic heterocycles. The molecule has 0 fully saturated rings. The molecule has 1 aromatic carbocycles. The van der Waals surface area contributed by atoms with Crippen LogP contribution in [0.2, 0.25) is 0 Å². The average Bonchev–Trinajstić information content (AvgIpc) is 2.98. The number of rotatable bonds is 8. The molecular weight excluding hydrogens is 292 g/mol. The lowest BCUT2D eigenvalue weighted by atomic mass is 10.2. The van der Waals surface area contributed by atoms with Crippen LogP contribution in [0.15, 0.2) is 36.5 Å². The van der Waals surface area contributed by atoms with Crippen molar-refractivity contribution in [1.82, 2.24) is 20.4 Å². The molecular formula is C17H24N4O2. The summed E-state index contributed by atoms with van der Waals surface area (Å²) in [7, 11) is 1.84. The van der Waals surface area contributed by atoms with E-state index in [0.29, 0.717) is 37.1 Å². The van der Waals surface area contributed by atoms with Gasteiger partial charge in [0, 0.05) is 13.1 Å². The van der Waals surface area contributed by atoms with E-state index in [2.05, 4.69) is 29.6 Å². The smallest absolute Gasteiger partial charge is 0.275 e. The number of likely N-dealkylation sites (N-methyl/N-ethyl adjacent to an activating group) is 1. The zero-order chi connectivity index (χ0) is 16.7. The van der Waals surface area contributed by atoms with E-state index in [1.807, 2.05) is 37.4 Å². The van der Waals surface area contributed by atoms with Crippen LogP contribution in [0.1, 0.15) is 24.3 Å². The molecule has 124 valence electrons. The minimum atomic E-state index is -0.228. The Bertz CT molecular complexity index is 623. The summed E-state index contributed by atoms with van der Waals surface area (Å²) in [4.78, 5) is 12.3. The molecule has 0 bridgehead atoms. The lowest BCUT2D eigenvalue weighted by Crippen LogP contribution is -2.31. The highest BCUT2D eigenvalue weighted by atomic mass is 16.5. The van der Waals surface area contributed by atoms with E-state index >= 15 is 0 Å². The minimum absolute atomic E-state index is 0.228. The number of para-hydroxylation sites is 1. The number of aromatic nitrogens is 2. The van der Waals surface area contributed by atoms with Crippen molar-refractivity contribution in [2.75, 3.05) is 26.7 Å². The van der Waals surface area contributed by atoms with Crippen molar-refractivity contribution in [2.24, 2.45) is 5.92 Å². The fraction of sp³-hybridized carbons (Fsp3) is 0.412. The predicted octanol–water partition coefficient (Wildman–Crippen LogP) is 1.86. The number of ether oxygens (including phenoxy) is 1. The van der Waals surface area contributed by atoms with E-state index in [1.165, 1.54) is 0 Å². The third kappa shape index (κ3) is 4.82. The summed E-state index contributed by atoms with van der Waals surface area (Å²) in [6.07, 6.45) is 1.75. The van der Waals surface area contributed by atoms with Gasteiger partial charge in [0.25, 0.3) is 5.91 Å². The lowest BCUT2D eigenvalue weighted by Gasteiger charge is -2.08. The number of hydrogen-bond acceptors (Lipinski definition) is 4. The maximum absolute atomic E-state index is 12.3. The Kier molecular flexibility index (Phi) is 6.17. The standard InChI is InChI=1S/C17H24N4O2/c1-13(2)12-23-15-11-21(14-7-5-4-6-8-14)20-16(15)17(22)19-10-9-18-3/h4-8,11,13,18H,9-10,12H2,1-3H3,(H,19,22). The molecule has 0 saturated heterocycles. The van der Waals surface area contributed by atoms with Gasteiger partial charge < -0.3 is 15.4 Å². The fourth-order valence-electron chi connectivity index (χ4n) is 1.98. The van der Waals surface area contributed by atoms with Crippen LogP contribution in [0.25, 0.3) is 5.69 Å². The van der Waals surface area contributed by atoms with Crippen LogP contribution in [-0.2, 0) is 0 Å². The van der Waals surface area contributed by atoms with Crippen LogP contribution >= 0.6 is 0 Å². The van der Waals surface area contributed by atoms with E-state index in [0.717, 1.165) is 5.69 Å². The second kappa shape index (κ2) is 8.33. The Morgan fingerprint density at radius 1 is 1.26 bits per heavy atom. The first-order chi connectivity index (χ1) is 11.1. The Balaban J connectivity index is 2.23. The maximum atomic E-state index is 12.3. The second-order valence-corrected chi connectivity index (χ2v) is 5.69. The Morgan fingerprint density at radius 2 is 2.00 bits per heavy atom. The SMILES string of the molecule is CNCCNC(=O)c1nn(-c2ccccc2)cc1OCC(C)C. The summed E-state index contributed by atoms with van der Waals surface area (Å²) in [5.74, 6) is 0.647. The summed E-state index contributed by atoms with van der Waals surface area (Å²) in [5.41, 5.74) is 1.20. The monoisotopic (exact) mass is 316 g/mol. The van der Waals surface area contributed by atoms with Gasteiger partial charge in [-0.2, -0.15) is 5.10 Å². The van der Waals surface area contributed by atoms with Gasteiger partial charge >= 0.3 is 0 Å². The molecule has 6 nitrogen and oxygen atoms in total. The van der Waals surface area contributed by atoms with Crippen molar-refractivity contribution < 1.29 is 9.53 Å². The zero-order valence-corrected chi connectivity index (χ0v) is 13.9. The van der Waals surface area contributed by atoms with Crippen LogP contribution < -0.4 is 15.4 Å². The van der Waals surface area contributed by atoms with Crippen molar-refractivity contribution in [3.8, 4) is 11.4 Å². The summed E-state index contributed by atoms with van der Waals surface area (Å²) in [6, 6.07) is 9.66. The highest BCUT2D eigenvalue weighted by Crippen LogP contribution is 2.20. The van der Waals surface area contributed by atoms with Crippen LogP contribution in [0.5, 0.6) is 5.75 Å². The Labute approximate surface area is 136 Å². The molecule has 0 atom stereocenters. The first-order valence-corrected chi connectivity index (χ1v) is 7.82. The number of carbonyl (C=O) groups excluding carboxylic acids is 1. The number of amides is 1. The third-order valence-corrected chi connectivity index (χ3v) is 3.15. The van der Waals surface area contributed by atoms with Gasteiger partial charge in [0.2, 0.25) is 0 Å². The molecule has 1 heterocycles. The maximum Gasteiger partial charge on any atom is 0.275 e. The van der Waals surface area contributed by atoms with Crippen molar-refractivity contribution >= 4 is 5.91 Å². The summed E-state index contributed by atoms with van der Waals surface area (Å²) in [5, 5.41) is 10.2. The van der Waals surface area contributed by atoms with Gasteiger partial charge in [-0.1, -0.05) is 32.0 Å². The van der Waals surface area contributed by atoms with Crippen LogP contribution in [-0.4, -0.2) is 42.4 Å². The molecule has 0 aliphatic rings. The van der Waals surface area contributed by atoms with Crippen molar-refractivity contribution in [2.45, 2.75) is 13.8 Å². The van der Waals surface area contributed by atoms with Gasteiger partial charge in [-0.05, 0) is 25.1 Å². The summed E-state index contributed by atoms with van der Waals surface area (Å²) >= 11 is 0. The van der Waals surface area contributed by atoms with Crippen LogP contribution in [0, 0.1) is 5.92 Å². The number of hydrogen-bond donors (Lipinski definition) is 2. The van der Waals surface area contributed by atoms with E-state index in [-0.39, 0.29) is 5.91 Å². The molecule has 2 rings (SSSR count). The molecule has 0 saturated carbocycles. The Hall–Kier alpha value is -2.34. The van der Waals surface area contributed by atoms with Crippen molar-refractivity contribution in [1.29, 1.82) is 0 Å². The number of carbonyl (C=O) groups is 1. The molecule has 0 aliphatic carbocycles. The molecule has 1 amide bonds. The Morgan fingerprint density at radius 3 is 2.65 bits per heavy atom. The van der Waals surface area contributed by atoms with Crippen molar-refractivity contribution in [3.63, 3.8) is 0 Å². The van der Waals surface area contributed by atoms with Gasteiger partial charge in [0.15, 0.2) is 11.4 Å². The highest BCUT2D eigenvalue weighted by molar-refractivity contribution is 5.94. The highest BCUT2D eigenvalue weighted by Gasteiger charge is 2.19. The summed E-state index contributed by atoms with van der Waals surface area (Å²) < 4.78 is 7.44. The normalized spacial score (nSPS) is 10.8. The van der Waals surface area contributed by atoms with Gasteiger partial charge in [-0.15, -0.1) is 0 Å². The van der Waals surface area contributed by atoms with Gasteiger partial charge in [0.05, 0.1) is 18.5 Å².